The van der Waals surface area contributed by atoms with Gasteiger partial charge in [0.05, 0.1) is 25.8 Å². The predicted octanol–water partition coefficient (Wildman–Crippen LogP) is -1.83. The van der Waals surface area contributed by atoms with Crippen molar-refractivity contribution >= 4 is 39.5 Å². The Kier molecular flexibility index (Phi) is 10.7. The SMILES string of the molecule is CCC(=O)Nc1ccc(C(=O)N(C)C)c(S(=O)(=O)NC(=O)Nc2nc(OC)cc(OC)n2)c1.[H-].[Na+]. The molecule has 15 heteroatoms. The van der Waals surface area contributed by atoms with E-state index in [1.807, 2.05) is 0 Å². The molecule has 0 saturated carbocycles. The Morgan fingerprint density at radius 3 is 2.12 bits per heavy atom. The van der Waals surface area contributed by atoms with E-state index in [1.165, 1.54) is 51.4 Å². The number of ether oxygens (including phenoxy) is 2. The zero-order valence-electron chi connectivity index (χ0n) is 20.6. The molecule has 0 aliphatic rings. The van der Waals surface area contributed by atoms with Crippen molar-refractivity contribution in [1.82, 2.24) is 19.6 Å². The second kappa shape index (κ2) is 12.5. The number of carbonyl (C=O) groups is 3. The second-order valence-corrected chi connectivity index (χ2v) is 8.30. The molecule has 0 atom stereocenters. The predicted molar refractivity (Wildman–Crippen MR) is 119 cm³/mol. The van der Waals surface area contributed by atoms with Gasteiger partial charge >= 0.3 is 35.6 Å². The average molecular weight is 505 g/mol. The number of aromatic nitrogens is 2. The molecule has 1 heterocycles. The summed E-state index contributed by atoms with van der Waals surface area (Å²) in [7, 11) is 0.997. The standard InChI is InChI=1S/C19H24N6O7S.Na.H/c1-6-14(26)20-11-7-8-12(17(27)25(2)3)13(9-11)33(29,30)24-19(28)23-18-21-15(31-4)10-16(22-18)32-5;;/h7-10H,6H2,1-5H3,(H,20,26)(H2,21,22,23,24,28);;/q;+1;-1. The van der Waals surface area contributed by atoms with Crippen LogP contribution in [0, 0.1) is 0 Å². The van der Waals surface area contributed by atoms with E-state index in [4.69, 9.17) is 9.47 Å². The fourth-order valence-corrected chi connectivity index (χ4v) is 3.59. The molecule has 0 saturated heterocycles. The quantitative estimate of drug-likeness (QED) is 0.350. The second-order valence-electron chi connectivity index (χ2n) is 6.65. The Labute approximate surface area is 220 Å². The molecule has 4 amide bonds. The van der Waals surface area contributed by atoms with Crippen LogP contribution in [0.2, 0.25) is 0 Å². The van der Waals surface area contributed by atoms with E-state index in [2.05, 4.69) is 20.6 Å². The van der Waals surface area contributed by atoms with Gasteiger partial charge < -0.3 is 21.1 Å². The summed E-state index contributed by atoms with van der Waals surface area (Å²) in [5.41, 5.74) is -0.0621. The van der Waals surface area contributed by atoms with Gasteiger partial charge in [-0.15, -0.1) is 0 Å². The van der Waals surface area contributed by atoms with E-state index in [9.17, 15) is 22.8 Å². The Hall–Kier alpha value is -2.94. The largest absolute Gasteiger partial charge is 1.00 e. The number of methoxy groups -OCH3 is 2. The van der Waals surface area contributed by atoms with Crippen LogP contribution in [-0.4, -0.2) is 69.4 Å². The summed E-state index contributed by atoms with van der Waals surface area (Å²) in [5.74, 6) is -1.13. The first-order valence-electron chi connectivity index (χ1n) is 9.47. The van der Waals surface area contributed by atoms with Gasteiger partial charge in [0.15, 0.2) is 0 Å². The van der Waals surface area contributed by atoms with Gasteiger partial charge in [-0.2, -0.15) is 9.97 Å². The summed E-state index contributed by atoms with van der Waals surface area (Å²) in [6.45, 7) is 1.62. The molecular formula is C19H25N6NaO7S. The fraction of sp³-hybridized carbons (Fsp3) is 0.316. The van der Waals surface area contributed by atoms with Crippen molar-refractivity contribution in [2.24, 2.45) is 0 Å². The summed E-state index contributed by atoms with van der Waals surface area (Å²) in [6, 6.07) is 3.88. The summed E-state index contributed by atoms with van der Waals surface area (Å²) >= 11 is 0. The van der Waals surface area contributed by atoms with Crippen molar-refractivity contribution in [2.75, 3.05) is 38.9 Å². The molecule has 0 radical (unpaired) electrons. The first kappa shape index (κ1) is 29.1. The molecule has 2 rings (SSSR count). The maximum absolute atomic E-state index is 13.0. The minimum atomic E-state index is -4.56. The van der Waals surface area contributed by atoms with Crippen LogP contribution >= 0.6 is 0 Å². The Bertz CT molecular complexity index is 1160. The minimum absolute atomic E-state index is 0. The number of carbonyl (C=O) groups excluding carboxylic acids is 3. The molecule has 0 fully saturated rings. The number of nitrogens with one attached hydrogen (secondary N) is 3. The van der Waals surface area contributed by atoms with Crippen molar-refractivity contribution < 1.29 is 63.3 Å². The summed E-state index contributed by atoms with van der Waals surface area (Å²) in [6.07, 6.45) is 0.158. The van der Waals surface area contributed by atoms with Crippen LogP contribution in [0.4, 0.5) is 16.4 Å². The molecule has 0 spiro atoms. The third-order valence-corrected chi connectivity index (χ3v) is 5.43. The van der Waals surface area contributed by atoms with Gasteiger partial charge in [0.25, 0.3) is 15.9 Å². The summed E-state index contributed by atoms with van der Waals surface area (Å²) < 4.78 is 37.7. The van der Waals surface area contributed by atoms with E-state index < -0.39 is 26.9 Å². The normalized spacial score (nSPS) is 10.4. The number of anilines is 2. The minimum Gasteiger partial charge on any atom is -1.00 e. The third kappa shape index (κ3) is 7.55. The van der Waals surface area contributed by atoms with Crippen LogP contribution in [0.3, 0.4) is 0 Å². The molecule has 0 aliphatic heterocycles. The molecule has 0 bridgehead atoms. The zero-order chi connectivity index (χ0) is 24.8. The van der Waals surface area contributed by atoms with E-state index in [0.29, 0.717) is 0 Å². The number of nitrogens with zero attached hydrogens (tertiary/aromatic N) is 3. The Morgan fingerprint density at radius 1 is 1.03 bits per heavy atom. The number of amides is 4. The van der Waals surface area contributed by atoms with Gasteiger partial charge in [-0.3, -0.25) is 14.9 Å². The Morgan fingerprint density at radius 2 is 1.62 bits per heavy atom. The maximum Gasteiger partial charge on any atom is 1.00 e. The first-order valence-corrected chi connectivity index (χ1v) is 11.0. The van der Waals surface area contributed by atoms with Crippen LogP contribution in [0.25, 0.3) is 0 Å². The average Bonchev–Trinajstić information content (AvgIpc) is 2.77. The monoisotopic (exact) mass is 504 g/mol. The molecule has 3 N–H and O–H groups in total. The van der Waals surface area contributed by atoms with Crippen molar-refractivity contribution in [1.29, 1.82) is 0 Å². The number of hydrogen-bond acceptors (Lipinski definition) is 9. The number of urea groups is 1. The van der Waals surface area contributed by atoms with Crippen LogP contribution in [-0.2, 0) is 14.8 Å². The van der Waals surface area contributed by atoms with Crippen LogP contribution in [0.5, 0.6) is 11.8 Å². The van der Waals surface area contributed by atoms with Crippen molar-refractivity contribution in [2.45, 2.75) is 18.2 Å². The van der Waals surface area contributed by atoms with E-state index in [1.54, 1.807) is 11.6 Å². The van der Waals surface area contributed by atoms with Gasteiger partial charge in [-0.25, -0.2) is 17.9 Å². The summed E-state index contributed by atoms with van der Waals surface area (Å²) in [5, 5.41) is 4.68. The summed E-state index contributed by atoms with van der Waals surface area (Å²) in [4.78, 5) is 45.0. The van der Waals surface area contributed by atoms with E-state index in [-0.39, 0.29) is 72.3 Å². The number of hydrogen-bond donors (Lipinski definition) is 3. The van der Waals surface area contributed by atoms with Gasteiger partial charge in [0, 0.05) is 26.2 Å². The van der Waals surface area contributed by atoms with E-state index in [0.717, 1.165) is 6.07 Å². The Balaban J connectivity index is 0.00000578. The van der Waals surface area contributed by atoms with Gasteiger partial charge in [-0.05, 0) is 18.2 Å². The fourth-order valence-electron chi connectivity index (χ4n) is 2.46. The molecule has 1 aromatic carbocycles. The van der Waals surface area contributed by atoms with Gasteiger partial charge in [0.2, 0.25) is 23.6 Å². The molecule has 13 nitrogen and oxygen atoms in total. The third-order valence-electron chi connectivity index (χ3n) is 4.06. The van der Waals surface area contributed by atoms with Crippen LogP contribution < -0.4 is 54.4 Å². The topological polar surface area (TPSA) is 169 Å². The number of sulfonamides is 1. The van der Waals surface area contributed by atoms with Crippen molar-refractivity contribution in [3.63, 3.8) is 0 Å². The van der Waals surface area contributed by atoms with E-state index >= 15 is 0 Å². The maximum atomic E-state index is 13.0. The van der Waals surface area contributed by atoms with Crippen LogP contribution in [0.1, 0.15) is 25.1 Å². The number of rotatable bonds is 8. The molecule has 0 aliphatic carbocycles. The van der Waals surface area contributed by atoms with Crippen molar-refractivity contribution in [3.05, 3.63) is 29.8 Å². The zero-order valence-corrected chi connectivity index (χ0v) is 22.4. The van der Waals surface area contributed by atoms with Gasteiger partial charge in [0.1, 0.15) is 4.90 Å². The van der Waals surface area contributed by atoms with Crippen LogP contribution in [0.15, 0.2) is 29.2 Å². The molecule has 180 valence electrons. The van der Waals surface area contributed by atoms with Crippen molar-refractivity contribution in [3.8, 4) is 11.8 Å². The molecular weight excluding hydrogens is 479 g/mol. The first-order chi connectivity index (χ1) is 15.5. The number of benzene rings is 1. The smallest absolute Gasteiger partial charge is 1.00 e. The molecule has 1 aromatic heterocycles. The van der Waals surface area contributed by atoms with Gasteiger partial charge in [-0.1, -0.05) is 6.92 Å². The molecule has 2 aromatic rings. The molecule has 34 heavy (non-hydrogen) atoms. The molecule has 0 unspecified atom stereocenters.